The van der Waals surface area contributed by atoms with Crippen LogP contribution in [0.15, 0.2) is 60.7 Å². The van der Waals surface area contributed by atoms with Crippen molar-refractivity contribution < 1.29 is 60.1 Å². The lowest BCUT2D eigenvalue weighted by Crippen LogP contribution is -2.60. The highest BCUT2D eigenvalue weighted by atomic mass is 32.1. The van der Waals surface area contributed by atoms with E-state index in [1.807, 2.05) is 33.8 Å². The molecule has 6 heterocycles. The van der Waals surface area contributed by atoms with E-state index in [0.717, 1.165) is 56.0 Å². The molecule has 8 atom stereocenters. The van der Waals surface area contributed by atoms with Crippen LogP contribution >= 0.6 is 11.3 Å². The van der Waals surface area contributed by atoms with Gasteiger partial charge < -0.3 is 46.4 Å². The molecule has 0 radical (unpaired) electrons. The second-order valence-electron chi connectivity index (χ2n) is 23.9. The summed E-state index contributed by atoms with van der Waals surface area (Å²) in [6, 6.07) is 10.2. The number of nitrogens with one attached hydrogen (secondary N) is 3. The van der Waals surface area contributed by atoms with Crippen LogP contribution < -0.4 is 26.4 Å². The van der Waals surface area contributed by atoms with E-state index in [4.69, 9.17) is 10.5 Å². The molecule has 86 heavy (non-hydrogen) atoms. The van der Waals surface area contributed by atoms with Gasteiger partial charge in [0.1, 0.15) is 58.5 Å². The number of anilines is 2. The summed E-state index contributed by atoms with van der Waals surface area (Å²) in [5.41, 5.74) is 2.17. The summed E-state index contributed by atoms with van der Waals surface area (Å²) in [6.07, 6.45) is -0.508. The molecule has 4 saturated heterocycles. The van der Waals surface area contributed by atoms with Crippen molar-refractivity contribution in [1.82, 2.24) is 35.3 Å². The van der Waals surface area contributed by atoms with Crippen LogP contribution in [0.2, 0.25) is 0 Å². The molecule has 4 aliphatic heterocycles. The van der Waals surface area contributed by atoms with E-state index in [-0.39, 0.29) is 117 Å². The zero-order valence-electron chi connectivity index (χ0n) is 48.0. The smallest absolute Gasteiger partial charge is 0.417 e. The number of nitrogen functional groups attached to an aromatic ring is 1. The Hall–Kier alpha value is -7.17. The van der Waals surface area contributed by atoms with Gasteiger partial charge in [0, 0.05) is 66.4 Å². The zero-order valence-corrected chi connectivity index (χ0v) is 48.9. The van der Waals surface area contributed by atoms with Crippen molar-refractivity contribution in [1.29, 1.82) is 5.26 Å². The SMILES string of the molecule is CCC1CCC(CNc2nc(OC[C@@H]3CCCN3CCC[C@H]3CCC(=O)N3[C@H](C(=O)N3C[C@H](O)C[C@H]3C(=O)N[C@@H](CO)c3ccc(-c4c(F)cccc4F)cc3)C(C)(C)C)nc3c(F)c(-c4ccc(F)c5sc(N)c(C#N)c45)c(C(F)(F)F)cc23)N1. The lowest BCUT2D eigenvalue weighted by atomic mass is 9.83. The maximum absolute atomic E-state index is 17.4. The molecule has 7 N–H and O–H groups in total. The standard InChI is InChI=1S/C62H69F7N10O6S/c1-5-34-17-18-35(73-34)28-72-57-40-26-42(62(67,68)69)51(39-20-21-45(65)54-50(39)41(27-70)56(71)86-54)52(66)53(40)75-60(76-57)85-31-37-10-8-24-77(37)23-7-9-36-19-22-48(82)79(36)55(61(2,3)4)59(84)78-29-38(81)25-47(78)58(83)74-46(30-80)32-13-15-33(16-14-32)49-43(63)11-6-12-44(49)64/h6,11-16,20-21,26,34-38,46-47,55,73,80-81H,5,7-10,17-19,22-25,28-31,71H2,1-4H3,(H,74,83)(H,72,75,76)/t34?,35?,36-,37-,38+,46-,47-,55+/m0/s1. The first-order valence-corrected chi connectivity index (χ1v) is 29.9. The number of nitrogens with two attached hydrogens (primary N) is 1. The van der Waals surface area contributed by atoms with Gasteiger partial charge in [0.25, 0.3) is 0 Å². The van der Waals surface area contributed by atoms with Crippen LogP contribution in [-0.2, 0) is 20.6 Å². The molecular formula is C62H69F7N10O6S. The molecular weight excluding hydrogens is 1150 g/mol. The van der Waals surface area contributed by atoms with Crippen molar-refractivity contribution >= 4 is 60.9 Å². The largest absolute Gasteiger partial charge is 0.462 e. The quantitative estimate of drug-likeness (QED) is 0.0416. The Bertz CT molecular complexity index is 3560. The lowest BCUT2D eigenvalue weighted by Gasteiger charge is -2.43. The number of thiophene rings is 1. The summed E-state index contributed by atoms with van der Waals surface area (Å²) in [5.74, 6) is -5.20. The van der Waals surface area contributed by atoms with Crippen LogP contribution in [0.1, 0.15) is 115 Å². The lowest BCUT2D eigenvalue weighted by molar-refractivity contribution is -0.152. The Balaban J connectivity index is 0.843. The Morgan fingerprint density at radius 3 is 2.37 bits per heavy atom. The molecule has 3 amide bonds. The molecule has 4 aromatic carbocycles. The van der Waals surface area contributed by atoms with Crippen LogP contribution in [0.3, 0.4) is 0 Å². The van der Waals surface area contributed by atoms with Crippen molar-refractivity contribution in [2.75, 3.05) is 50.4 Å². The predicted octanol–water partition coefficient (Wildman–Crippen LogP) is 9.99. The Morgan fingerprint density at radius 1 is 0.965 bits per heavy atom. The number of amides is 3. The molecule has 2 aromatic heterocycles. The van der Waals surface area contributed by atoms with Crippen molar-refractivity contribution in [2.24, 2.45) is 5.41 Å². The minimum absolute atomic E-state index is 0.0216. The molecule has 0 saturated carbocycles. The number of hydrogen-bond donors (Lipinski definition) is 6. The molecule has 0 bridgehead atoms. The van der Waals surface area contributed by atoms with Gasteiger partial charge in [-0.25, -0.2) is 17.6 Å². The number of nitrogens with zero attached hydrogens (tertiary/aromatic N) is 6. The van der Waals surface area contributed by atoms with Crippen LogP contribution in [-0.4, -0.2) is 134 Å². The number of fused-ring (bicyclic) bond motifs is 2. The fourth-order valence-electron chi connectivity index (χ4n) is 13.0. The van der Waals surface area contributed by atoms with Gasteiger partial charge in [-0.1, -0.05) is 64.1 Å². The van der Waals surface area contributed by atoms with E-state index in [9.17, 15) is 38.6 Å². The van der Waals surface area contributed by atoms with E-state index in [1.54, 1.807) is 4.90 Å². The second-order valence-corrected chi connectivity index (χ2v) is 25.0. The fraction of sp³-hybridized carbons (Fsp3) is 0.484. The first-order chi connectivity index (χ1) is 41.0. The Kier molecular flexibility index (Phi) is 18.2. The number of carbonyl (C=O) groups is 3. The average molecular weight is 1220 g/mol. The summed E-state index contributed by atoms with van der Waals surface area (Å²) < 4.78 is 114. The van der Waals surface area contributed by atoms with Crippen LogP contribution in [0.5, 0.6) is 6.01 Å². The molecule has 458 valence electrons. The second kappa shape index (κ2) is 25.3. The molecule has 6 aromatic rings. The van der Waals surface area contributed by atoms with Crippen molar-refractivity contribution in [2.45, 2.75) is 146 Å². The minimum atomic E-state index is -5.14. The van der Waals surface area contributed by atoms with Gasteiger partial charge in [-0.2, -0.15) is 28.4 Å². The van der Waals surface area contributed by atoms with E-state index in [2.05, 4.69) is 30.8 Å². The fourth-order valence-corrected chi connectivity index (χ4v) is 14.0. The van der Waals surface area contributed by atoms with Crippen LogP contribution in [0, 0.1) is 40.0 Å². The first-order valence-electron chi connectivity index (χ1n) is 29.1. The van der Waals surface area contributed by atoms with Gasteiger partial charge in [-0.3, -0.25) is 19.3 Å². The molecule has 0 aliphatic carbocycles. The number of aliphatic hydroxyl groups excluding tert-OH is 2. The predicted molar refractivity (Wildman–Crippen MR) is 311 cm³/mol. The van der Waals surface area contributed by atoms with E-state index < -0.39 is 94.2 Å². The first kappa shape index (κ1) is 61.9. The van der Waals surface area contributed by atoms with Gasteiger partial charge in [-0.15, -0.1) is 11.3 Å². The van der Waals surface area contributed by atoms with Gasteiger partial charge in [0.05, 0.1) is 40.1 Å². The molecule has 4 aliphatic rings. The van der Waals surface area contributed by atoms with Crippen LogP contribution in [0.4, 0.5) is 41.6 Å². The number of likely N-dealkylation sites (tertiary alicyclic amines) is 3. The number of rotatable bonds is 19. The summed E-state index contributed by atoms with van der Waals surface area (Å²) in [5, 5.41) is 40.2. The summed E-state index contributed by atoms with van der Waals surface area (Å²) in [4.78, 5) is 57.1. The number of halogens is 7. The monoisotopic (exact) mass is 1210 g/mol. The van der Waals surface area contributed by atoms with Gasteiger partial charge in [0.15, 0.2) is 5.82 Å². The van der Waals surface area contributed by atoms with Gasteiger partial charge in [0.2, 0.25) is 17.7 Å². The average Bonchev–Trinajstić information content (AvgIpc) is 1.30. The summed E-state index contributed by atoms with van der Waals surface area (Å²) >= 11 is 0.672. The molecule has 4 fully saturated rings. The number of aliphatic hydroxyl groups is 2. The summed E-state index contributed by atoms with van der Waals surface area (Å²) in [7, 11) is 0. The maximum Gasteiger partial charge on any atom is 0.417 e. The number of nitriles is 1. The molecule has 10 rings (SSSR count). The molecule has 16 nitrogen and oxygen atoms in total. The van der Waals surface area contributed by atoms with Crippen LogP contribution in [0.25, 0.3) is 43.2 Å². The number of hydrogen-bond acceptors (Lipinski definition) is 14. The molecule has 24 heteroatoms. The normalized spacial score (nSPS) is 21.8. The topological polar surface area (TPSA) is 222 Å². The van der Waals surface area contributed by atoms with Gasteiger partial charge in [-0.05, 0) is 111 Å². The van der Waals surface area contributed by atoms with Gasteiger partial charge >= 0.3 is 12.2 Å². The minimum Gasteiger partial charge on any atom is -0.462 e. The van der Waals surface area contributed by atoms with Crippen molar-refractivity contribution in [3.63, 3.8) is 0 Å². The Labute approximate surface area is 496 Å². The number of β-amino-alcohol motifs (C(OH)–C–C–N with tert-alkyl or cyclic N) is 1. The highest BCUT2D eigenvalue weighted by Crippen LogP contribution is 2.48. The number of carbonyl (C=O) groups excluding carboxylic acids is 3. The number of aromatic nitrogens is 2. The maximum atomic E-state index is 17.4. The van der Waals surface area contributed by atoms with Crippen molar-refractivity contribution in [3.8, 4) is 34.3 Å². The van der Waals surface area contributed by atoms with E-state index >= 15 is 22.0 Å². The van der Waals surface area contributed by atoms with E-state index in [0.29, 0.717) is 55.7 Å². The van der Waals surface area contributed by atoms with E-state index in [1.165, 1.54) is 35.2 Å². The molecule has 2 unspecified atom stereocenters. The summed E-state index contributed by atoms with van der Waals surface area (Å²) in [6.45, 7) is 8.32. The van der Waals surface area contributed by atoms with Crippen molar-refractivity contribution in [3.05, 3.63) is 101 Å². The number of ether oxygens (including phenoxy) is 1. The zero-order chi connectivity index (χ0) is 61.5. The third kappa shape index (κ3) is 12.5. The number of benzene rings is 4. The highest BCUT2D eigenvalue weighted by molar-refractivity contribution is 7.23. The third-order valence-electron chi connectivity index (χ3n) is 17.3. The Morgan fingerprint density at radius 2 is 1.70 bits per heavy atom. The molecule has 0 spiro atoms. The highest BCUT2D eigenvalue weighted by Gasteiger charge is 2.50. The third-order valence-corrected chi connectivity index (χ3v) is 18.3. The number of alkyl halides is 3.